The summed E-state index contributed by atoms with van der Waals surface area (Å²) in [7, 11) is 0. The van der Waals surface area contributed by atoms with Gasteiger partial charge in [0, 0.05) is 5.56 Å². The van der Waals surface area contributed by atoms with Gasteiger partial charge in [0.15, 0.2) is 12.4 Å². The van der Waals surface area contributed by atoms with Crippen LogP contribution in [0.3, 0.4) is 0 Å². The molecular formula is C17H16Cl2O2. The number of halogens is 2. The molecule has 0 bridgehead atoms. The first-order valence-electron chi connectivity index (χ1n) is 6.80. The van der Waals surface area contributed by atoms with Crippen LogP contribution in [0.15, 0.2) is 42.5 Å². The van der Waals surface area contributed by atoms with Crippen molar-refractivity contribution in [1.29, 1.82) is 0 Å². The van der Waals surface area contributed by atoms with Crippen molar-refractivity contribution >= 4 is 29.0 Å². The molecule has 21 heavy (non-hydrogen) atoms. The molecule has 4 heteroatoms. The monoisotopic (exact) mass is 322 g/mol. The van der Waals surface area contributed by atoms with Crippen LogP contribution < -0.4 is 4.74 Å². The van der Waals surface area contributed by atoms with Gasteiger partial charge in [-0.15, -0.1) is 0 Å². The topological polar surface area (TPSA) is 26.3 Å². The highest BCUT2D eigenvalue weighted by molar-refractivity contribution is 6.42. The Hall–Kier alpha value is -1.51. The fourth-order valence-corrected chi connectivity index (χ4v) is 2.24. The fraction of sp³-hybridized carbons (Fsp3) is 0.235. The zero-order chi connectivity index (χ0) is 15.2. The first-order valence-corrected chi connectivity index (χ1v) is 7.55. The van der Waals surface area contributed by atoms with Crippen molar-refractivity contribution < 1.29 is 9.53 Å². The molecule has 0 spiro atoms. The number of hydrogen-bond donors (Lipinski definition) is 0. The maximum atomic E-state index is 12.0. The largest absolute Gasteiger partial charge is 0.485 e. The standard InChI is InChI=1S/C17H16Cl2O2/c1-2-3-12-4-7-14(8-5-12)21-11-17(20)13-6-9-15(18)16(19)10-13/h4-10H,2-3,11H2,1H3. The molecule has 0 saturated heterocycles. The van der Waals surface area contributed by atoms with Crippen LogP contribution in [0.1, 0.15) is 29.3 Å². The summed E-state index contributed by atoms with van der Waals surface area (Å²) >= 11 is 11.7. The molecule has 0 aromatic heterocycles. The van der Waals surface area contributed by atoms with E-state index in [4.69, 9.17) is 27.9 Å². The summed E-state index contributed by atoms with van der Waals surface area (Å²) < 4.78 is 5.50. The average molecular weight is 323 g/mol. The summed E-state index contributed by atoms with van der Waals surface area (Å²) in [6.07, 6.45) is 2.15. The summed E-state index contributed by atoms with van der Waals surface area (Å²) in [5, 5.41) is 0.798. The van der Waals surface area contributed by atoms with Crippen LogP contribution in [0.25, 0.3) is 0 Å². The number of benzene rings is 2. The molecule has 2 aromatic carbocycles. The second-order valence-electron chi connectivity index (χ2n) is 4.73. The minimum Gasteiger partial charge on any atom is -0.485 e. The van der Waals surface area contributed by atoms with E-state index in [1.165, 1.54) is 5.56 Å². The minimum absolute atomic E-state index is 0.0227. The SMILES string of the molecule is CCCc1ccc(OCC(=O)c2ccc(Cl)c(Cl)c2)cc1. The number of ketones is 1. The summed E-state index contributed by atoms with van der Waals surface area (Å²) in [5.74, 6) is 0.550. The number of rotatable bonds is 6. The molecule has 0 heterocycles. The van der Waals surface area contributed by atoms with Gasteiger partial charge in [-0.05, 0) is 42.3 Å². The highest BCUT2D eigenvalue weighted by Crippen LogP contribution is 2.23. The number of Topliss-reactive ketones (excluding diaryl/α,β-unsaturated/α-hetero) is 1. The maximum absolute atomic E-state index is 12.0. The van der Waals surface area contributed by atoms with E-state index in [1.807, 2.05) is 24.3 Å². The lowest BCUT2D eigenvalue weighted by Crippen LogP contribution is -2.11. The Kier molecular flexibility index (Phi) is 5.66. The van der Waals surface area contributed by atoms with Crippen molar-refractivity contribution in [2.45, 2.75) is 19.8 Å². The van der Waals surface area contributed by atoms with Gasteiger partial charge in [-0.3, -0.25) is 4.79 Å². The Bertz CT molecular complexity index is 621. The van der Waals surface area contributed by atoms with Crippen molar-refractivity contribution in [2.75, 3.05) is 6.61 Å². The lowest BCUT2D eigenvalue weighted by Gasteiger charge is -2.07. The third-order valence-electron chi connectivity index (χ3n) is 3.07. The summed E-state index contributed by atoms with van der Waals surface area (Å²) in [5.41, 5.74) is 1.76. The Balaban J connectivity index is 1.95. The predicted octanol–water partition coefficient (Wildman–Crippen LogP) is 5.21. The highest BCUT2D eigenvalue weighted by atomic mass is 35.5. The molecule has 2 nitrogen and oxygen atoms in total. The number of aryl methyl sites for hydroxylation is 1. The molecule has 0 atom stereocenters. The van der Waals surface area contributed by atoms with E-state index >= 15 is 0 Å². The third-order valence-corrected chi connectivity index (χ3v) is 3.81. The van der Waals surface area contributed by atoms with Gasteiger partial charge in [-0.2, -0.15) is 0 Å². The van der Waals surface area contributed by atoms with Crippen LogP contribution in [-0.2, 0) is 6.42 Å². The fourth-order valence-electron chi connectivity index (χ4n) is 1.94. The number of carbonyl (C=O) groups is 1. The van der Waals surface area contributed by atoms with Crippen LogP contribution >= 0.6 is 23.2 Å². The first kappa shape index (κ1) is 15.9. The predicted molar refractivity (Wildman–Crippen MR) is 86.7 cm³/mol. The van der Waals surface area contributed by atoms with Crippen molar-refractivity contribution in [2.24, 2.45) is 0 Å². The highest BCUT2D eigenvalue weighted by Gasteiger charge is 2.09. The molecule has 0 amide bonds. The quantitative estimate of drug-likeness (QED) is 0.682. The summed E-state index contributed by atoms with van der Waals surface area (Å²) in [4.78, 5) is 12.0. The minimum atomic E-state index is -0.133. The number of ether oxygens (including phenoxy) is 1. The Morgan fingerprint density at radius 2 is 1.76 bits per heavy atom. The van der Waals surface area contributed by atoms with Gasteiger partial charge in [0.05, 0.1) is 10.0 Å². The van der Waals surface area contributed by atoms with Crippen molar-refractivity contribution in [3.63, 3.8) is 0 Å². The maximum Gasteiger partial charge on any atom is 0.200 e. The first-order chi connectivity index (χ1) is 10.1. The second-order valence-corrected chi connectivity index (χ2v) is 5.55. The Labute approximate surface area is 134 Å². The van der Waals surface area contributed by atoms with Crippen molar-refractivity contribution in [3.05, 3.63) is 63.6 Å². The molecule has 0 unspecified atom stereocenters. The van der Waals surface area contributed by atoms with E-state index in [9.17, 15) is 4.79 Å². The Morgan fingerprint density at radius 1 is 1.05 bits per heavy atom. The van der Waals surface area contributed by atoms with E-state index < -0.39 is 0 Å². The number of hydrogen-bond acceptors (Lipinski definition) is 2. The average Bonchev–Trinajstić information content (AvgIpc) is 2.49. The van der Waals surface area contributed by atoms with E-state index in [2.05, 4.69) is 6.92 Å². The molecule has 0 saturated carbocycles. The third kappa shape index (κ3) is 4.48. The molecule has 0 aliphatic heterocycles. The lowest BCUT2D eigenvalue weighted by atomic mass is 10.1. The second kappa shape index (κ2) is 7.48. The van der Waals surface area contributed by atoms with Gasteiger partial charge < -0.3 is 4.74 Å². The van der Waals surface area contributed by atoms with Crippen LogP contribution in [-0.4, -0.2) is 12.4 Å². The molecule has 0 N–H and O–H groups in total. The van der Waals surface area contributed by atoms with Crippen LogP contribution in [0.2, 0.25) is 10.0 Å². The molecule has 2 aromatic rings. The number of carbonyl (C=O) groups excluding carboxylic acids is 1. The van der Waals surface area contributed by atoms with Crippen LogP contribution in [0, 0.1) is 0 Å². The normalized spacial score (nSPS) is 10.4. The lowest BCUT2D eigenvalue weighted by molar-refractivity contribution is 0.0921. The zero-order valence-electron chi connectivity index (χ0n) is 11.7. The van der Waals surface area contributed by atoms with Crippen LogP contribution in [0.4, 0.5) is 0 Å². The molecule has 110 valence electrons. The van der Waals surface area contributed by atoms with Gasteiger partial charge in [0.25, 0.3) is 0 Å². The molecule has 0 aliphatic rings. The van der Waals surface area contributed by atoms with E-state index in [0.717, 1.165) is 12.8 Å². The Morgan fingerprint density at radius 3 is 2.38 bits per heavy atom. The van der Waals surface area contributed by atoms with Gasteiger partial charge >= 0.3 is 0 Å². The molecule has 2 rings (SSSR count). The zero-order valence-corrected chi connectivity index (χ0v) is 13.2. The summed E-state index contributed by atoms with van der Waals surface area (Å²) in [6, 6.07) is 12.6. The molecule has 0 fully saturated rings. The van der Waals surface area contributed by atoms with Gasteiger partial charge in [0.1, 0.15) is 5.75 Å². The van der Waals surface area contributed by atoms with Crippen LogP contribution in [0.5, 0.6) is 5.75 Å². The molecule has 0 aliphatic carbocycles. The smallest absolute Gasteiger partial charge is 0.200 e. The van der Waals surface area contributed by atoms with E-state index in [1.54, 1.807) is 18.2 Å². The molecule has 0 radical (unpaired) electrons. The van der Waals surface area contributed by atoms with Gasteiger partial charge in [0.2, 0.25) is 0 Å². The van der Waals surface area contributed by atoms with Crippen molar-refractivity contribution in [3.8, 4) is 5.75 Å². The van der Waals surface area contributed by atoms with Gasteiger partial charge in [-0.1, -0.05) is 48.7 Å². The van der Waals surface area contributed by atoms with E-state index in [-0.39, 0.29) is 12.4 Å². The molecular weight excluding hydrogens is 307 g/mol. The van der Waals surface area contributed by atoms with Gasteiger partial charge in [-0.25, -0.2) is 0 Å². The van der Waals surface area contributed by atoms with E-state index in [0.29, 0.717) is 21.4 Å². The summed E-state index contributed by atoms with van der Waals surface area (Å²) in [6.45, 7) is 2.12. The van der Waals surface area contributed by atoms with Crippen molar-refractivity contribution in [1.82, 2.24) is 0 Å².